The summed E-state index contributed by atoms with van der Waals surface area (Å²) < 4.78 is 7.85. The Kier molecular flexibility index (Phi) is 4.28. The van der Waals surface area contributed by atoms with Crippen LogP contribution in [0.3, 0.4) is 0 Å². The highest BCUT2D eigenvalue weighted by atomic mass is 32.1. The van der Waals surface area contributed by atoms with Gasteiger partial charge in [0.2, 0.25) is 5.56 Å². The zero-order chi connectivity index (χ0) is 20.0. The van der Waals surface area contributed by atoms with E-state index >= 15 is 0 Å². The highest BCUT2D eigenvalue weighted by Gasteiger charge is 2.23. The van der Waals surface area contributed by atoms with Crippen LogP contribution < -0.4 is 10.3 Å². The van der Waals surface area contributed by atoms with Crippen molar-refractivity contribution < 1.29 is 4.74 Å². The first-order chi connectivity index (χ1) is 14.1. The number of nitrogens with zero attached hydrogens (tertiary/aromatic N) is 4. The van der Waals surface area contributed by atoms with Crippen LogP contribution in [0.2, 0.25) is 0 Å². The summed E-state index contributed by atoms with van der Waals surface area (Å²) in [5.41, 5.74) is 3.54. The number of aromatic amines is 1. The number of pyridine rings is 1. The highest BCUT2D eigenvalue weighted by molar-refractivity contribution is 7.15. The van der Waals surface area contributed by atoms with Gasteiger partial charge >= 0.3 is 0 Å². The van der Waals surface area contributed by atoms with Gasteiger partial charge in [-0.15, -0.1) is 11.3 Å². The second-order valence-electron chi connectivity index (χ2n) is 7.16. The second-order valence-corrected chi connectivity index (χ2v) is 8.25. The van der Waals surface area contributed by atoms with Crippen molar-refractivity contribution in [3.05, 3.63) is 58.1 Å². The third-order valence-electron chi connectivity index (χ3n) is 4.88. The lowest BCUT2D eigenvalue weighted by Gasteiger charge is -2.10. The van der Waals surface area contributed by atoms with Gasteiger partial charge in [0.25, 0.3) is 0 Å². The van der Waals surface area contributed by atoms with Gasteiger partial charge in [-0.25, -0.2) is 14.6 Å². The number of hydrogen-bond donors (Lipinski definition) is 1. The lowest BCUT2D eigenvalue weighted by Crippen LogP contribution is -2.04. The summed E-state index contributed by atoms with van der Waals surface area (Å²) in [4.78, 5) is 24.9. The van der Waals surface area contributed by atoms with Crippen LogP contribution in [-0.4, -0.2) is 31.3 Å². The first kappa shape index (κ1) is 17.8. The SMILES string of the molecule is CC(C)n1ncnc1-c1nc2c(s1)CCOc1ccc(-c3cc[nH]c(=O)c3)cc1-2. The number of hydrogen-bond acceptors (Lipinski definition) is 6. The topological polar surface area (TPSA) is 85.7 Å². The maximum atomic E-state index is 11.7. The molecular weight excluding hydrogens is 386 g/mol. The third-order valence-corrected chi connectivity index (χ3v) is 5.99. The van der Waals surface area contributed by atoms with Gasteiger partial charge in [0.05, 0.1) is 12.3 Å². The molecule has 0 unspecified atom stereocenters. The Morgan fingerprint density at radius 2 is 2.07 bits per heavy atom. The van der Waals surface area contributed by atoms with Gasteiger partial charge in [-0.2, -0.15) is 5.10 Å². The van der Waals surface area contributed by atoms with Crippen LogP contribution in [0.4, 0.5) is 0 Å². The number of benzene rings is 1. The molecular formula is C21H19N5O2S. The first-order valence-electron chi connectivity index (χ1n) is 9.46. The summed E-state index contributed by atoms with van der Waals surface area (Å²) in [6.45, 7) is 4.75. The van der Waals surface area contributed by atoms with Gasteiger partial charge in [0.1, 0.15) is 12.1 Å². The molecule has 7 nitrogen and oxygen atoms in total. The van der Waals surface area contributed by atoms with E-state index in [0.717, 1.165) is 45.4 Å². The molecule has 0 fully saturated rings. The second kappa shape index (κ2) is 6.97. The molecule has 0 saturated heterocycles. The molecule has 0 radical (unpaired) electrons. The fourth-order valence-electron chi connectivity index (χ4n) is 3.51. The van der Waals surface area contributed by atoms with E-state index in [1.165, 1.54) is 4.88 Å². The van der Waals surface area contributed by atoms with E-state index in [0.29, 0.717) is 6.61 Å². The first-order valence-corrected chi connectivity index (χ1v) is 10.3. The molecule has 0 saturated carbocycles. The number of nitrogens with one attached hydrogen (secondary N) is 1. The summed E-state index contributed by atoms with van der Waals surface area (Å²) in [6, 6.07) is 9.66. The molecule has 0 amide bonds. The molecule has 8 heteroatoms. The van der Waals surface area contributed by atoms with Crippen molar-refractivity contribution >= 4 is 11.3 Å². The Morgan fingerprint density at radius 3 is 2.90 bits per heavy atom. The molecule has 29 heavy (non-hydrogen) atoms. The van der Waals surface area contributed by atoms with Crippen molar-refractivity contribution in [1.29, 1.82) is 0 Å². The molecule has 0 aliphatic carbocycles. The molecule has 5 rings (SSSR count). The molecule has 3 aromatic heterocycles. The maximum absolute atomic E-state index is 11.7. The number of rotatable bonds is 3. The van der Waals surface area contributed by atoms with Crippen molar-refractivity contribution in [2.45, 2.75) is 26.3 Å². The summed E-state index contributed by atoms with van der Waals surface area (Å²) in [6.07, 6.45) is 4.02. The summed E-state index contributed by atoms with van der Waals surface area (Å²) in [7, 11) is 0. The van der Waals surface area contributed by atoms with Gasteiger partial charge in [0, 0.05) is 35.2 Å². The Labute approximate surface area is 171 Å². The largest absolute Gasteiger partial charge is 0.493 e. The molecule has 1 N–H and O–H groups in total. The summed E-state index contributed by atoms with van der Waals surface area (Å²) >= 11 is 1.64. The van der Waals surface area contributed by atoms with Crippen molar-refractivity contribution in [1.82, 2.24) is 24.7 Å². The minimum atomic E-state index is -0.127. The Bertz CT molecular complexity index is 1250. The van der Waals surface area contributed by atoms with Crippen LogP contribution in [-0.2, 0) is 6.42 Å². The fourth-order valence-corrected chi connectivity index (χ4v) is 4.55. The Balaban J connectivity index is 1.65. The summed E-state index contributed by atoms with van der Waals surface area (Å²) in [5, 5.41) is 5.20. The van der Waals surface area contributed by atoms with Gasteiger partial charge in [0.15, 0.2) is 10.8 Å². The Morgan fingerprint density at radius 1 is 1.21 bits per heavy atom. The van der Waals surface area contributed by atoms with Crippen molar-refractivity contribution in [3.8, 4) is 39.0 Å². The number of fused-ring (bicyclic) bond motifs is 3. The predicted octanol–water partition coefficient (Wildman–Crippen LogP) is 3.94. The van der Waals surface area contributed by atoms with E-state index in [4.69, 9.17) is 9.72 Å². The predicted molar refractivity (Wildman–Crippen MR) is 112 cm³/mol. The van der Waals surface area contributed by atoms with Gasteiger partial charge in [-0.3, -0.25) is 4.79 Å². The van der Waals surface area contributed by atoms with Gasteiger partial charge in [-0.1, -0.05) is 6.07 Å². The molecule has 1 aliphatic rings. The average Bonchev–Trinajstić information content (AvgIpc) is 3.32. The smallest absolute Gasteiger partial charge is 0.248 e. The van der Waals surface area contributed by atoms with E-state index in [1.54, 1.807) is 29.9 Å². The molecule has 1 aliphatic heterocycles. The van der Waals surface area contributed by atoms with Crippen LogP contribution in [0.1, 0.15) is 24.8 Å². The van der Waals surface area contributed by atoms with E-state index < -0.39 is 0 Å². The molecule has 0 spiro atoms. The van der Waals surface area contributed by atoms with Crippen LogP contribution in [0.25, 0.3) is 33.2 Å². The van der Waals surface area contributed by atoms with E-state index in [1.807, 2.05) is 28.9 Å². The molecule has 0 bridgehead atoms. The van der Waals surface area contributed by atoms with Crippen LogP contribution in [0.5, 0.6) is 5.75 Å². The molecule has 4 aromatic rings. The van der Waals surface area contributed by atoms with E-state index in [9.17, 15) is 4.79 Å². The van der Waals surface area contributed by atoms with Gasteiger partial charge in [-0.05, 0) is 43.2 Å². The van der Waals surface area contributed by atoms with Crippen LogP contribution in [0, 0.1) is 0 Å². The zero-order valence-electron chi connectivity index (χ0n) is 16.0. The van der Waals surface area contributed by atoms with Gasteiger partial charge < -0.3 is 9.72 Å². The maximum Gasteiger partial charge on any atom is 0.248 e. The highest BCUT2D eigenvalue weighted by Crippen LogP contribution is 2.41. The number of thiazole rings is 1. The fraction of sp³-hybridized carbons (Fsp3) is 0.238. The molecule has 0 atom stereocenters. The normalized spacial score (nSPS) is 12.9. The standard InChI is InChI=1S/C21H19N5O2S/c1-12(2)26-20(23-11-24-26)21-25-19-15-9-13(14-5-7-22-18(27)10-14)3-4-16(15)28-8-6-17(19)29-21/h3-5,7,9-12H,6,8H2,1-2H3,(H,22,27). The number of aromatic nitrogens is 5. The molecule has 146 valence electrons. The minimum Gasteiger partial charge on any atom is -0.493 e. The number of ether oxygens (including phenoxy) is 1. The van der Waals surface area contributed by atoms with Crippen LogP contribution >= 0.6 is 11.3 Å². The zero-order valence-corrected chi connectivity index (χ0v) is 16.9. The minimum absolute atomic E-state index is 0.127. The quantitative estimate of drug-likeness (QED) is 0.558. The molecule has 4 heterocycles. The average molecular weight is 405 g/mol. The van der Waals surface area contributed by atoms with E-state index in [-0.39, 0.29) is 11.6 Å². The van der Waals surface area contributed by atoms with Crippen LogP contribution in [0.15, 0.2) is 47.7 Å². The van der Waals surface area contributed by atoms with Crippen molar-refractivity contribution in [3.63, 3.8) is 0 Å². The Hall–Kier alpha value is -3.26. The number of H-pyrrole nitrogens is 1. The molecule has 1 aromatic carbocycles. The van der Waals surface area contributed by atoms with E-state index in [2.05, 4.69) is 28.9 Å². The third kappa shape index (κ3) is 3.15. The van der Waals surface area contributed by atoms with Crippen molar-refractivity contribution in [2.75, 3.05) is 6.61 Å². The van der Waals surface area contributed by atoms with Crippen molar-refractivity contribution in [2.24, 2.45) is 0 Å². The lowest BCUT2D eigenvalue weighted by atomic mass is 10.0. The monoisotopic (exact) mass is 405 g/mol. The lowest BCUT2D eigenvalue weighted by molar-refractivity contribution is 0.327. The summed E-state index contributed by atoms with van der Waals surface area (Å²) in [5.74, 6) is 1.59.